The molecule has 0 saturated heterocycles. The third-order valence-corrected chi connectivity index (χ3v) is 2.48. The summed E-state index contributed by atoms with van der Waals surface area (Å²) in [6, 6.07) is 0. The van der Waals surface area contributed by atoms with Crippen LogP contribution in [0, 0.1) is 0 Å². The molecule has 0 aliphatic carbocycles. The Bertz CT molecular complexity index is 404. The number of rotatable bonds is 5. The Kier molecular flexibility index (Phi) is 4.29. The lowest BCUT2D eigenvalue weighted by molar-refractivity contribution is 0.408. The molecule has 0 fully saturated rings. The maximum atomic E-state index is 11.2. The lowest BCUT2D eigenvalue weighted by atomic mass is 10.5. The van der Waals surface area contributed by atoms with Crippen molar-refractivity contribution in [3.8, 4) is 5.75 Å². The van der Waals surface area contributed by atoms with Gasteiger partial charge >= 0.3 is 0 Å². The minimum absolute atomic E-state index is 0.138. The van der Waals surface area contributed by atoms with Crippen LogP contribution in [-0.4, -0.2) is 39.8 Å². The topological polar surface area (TPSA) is 84.1 Å². The molecule has 15 heavy (non-hydrogen) atoms. The van der Waals surface area contributed by atoms with Crippen LogP contribution in [0.1, 0.15) is 0 Å². The molecule has 0 radical (unpaired) electrons. The maximum absolute atomic E-state index is 11.2. The van der Waals surface area contributed by atoms with Crippen molar-refractivity contribution >= 4 is 16.6 Å². The molecule has 1 atom stereocenters. The number of ether oxygens (including phenoxy) is 1. The van der Waals surface area contributed by atoms with E-state index in [2.05, 4.69) is 15.3 Å². The molecule has 1 heterocycles. The van der Waals surface area contributed by atoms with Gasteiger partial charge in [-0.3, -0.25) is 9.00 Å². The largest absolute Gasteiger partial charge is 0.489 e. The molecule has 2 N–H and O–H groups in total. The van der Waals surface area contributed by atoms with Crippen molar-refractivity contribution in [3.05, 3.63) is 16.7 Å². The molecule has 6 nitrogen and oxygen atoms in total. The molecule has 0 aromatic carbocycles. The van der Waals surface area contributed by atoms with Crippen molar-refractivity contribution in [2.75, 3.05) is 31.0 Å². The molecule has 0 aliphatic heterocycles. The summed E-state index contributed by atoms with van der Waals surface area (Å²) in [4.78, 5) is 17.6. The van der Waals surface area contributed by atoms with E-state index < -0.39 is 10.8 Å². The molecule has 0 saturated carbocycles. The summed E-state index contributed by atoms with van der Waals surface area (Å²) in [6.45, 7) is 0.482. The van der Waals surface area contributed by atoms with Crippen LogP contribution in [0.2, 0.25) is 0 Å². The van der Waals surface area contributed by atoms with Crippen LogP contribution in [0.4, 0.5) is 5.82 Å². The highest BCUT2D eigenvalue weighted by Gasteiger charge is 2.07. The van der Waals surface area contributed by atoms with Crippen molar-refractivity contribution in [1.82, 2.24) is 9.97 Å². The Morgan fingerprint density at radius 2 is 2.40 bits per heavy atom. The van der Waals surface area contributed by atoms with Gasteiger partial charge < -0.3 is 15.0 Å². The van der Waals surface area contributed by atoms with Gasteiger partial charge in [-0.2, -0.15) is 0 Å². The standard InChI is InChI=1S/C8H13N3O3S/c1-14-6-7(9-3-4-15(2)13)10-5-11-8(6)12/h5H,3-4H2,1-2H3,(H2,9,10,11,12). The van der Waals surface area contributed by atoms with Crippen LogP contribution >= 0.6 is 0 Å². The molecule has 0 spiro atoms. The number of hydrogen-bond acceptors (Lipinski definition) is 5. The Labute approximate surface area is 89.5 Å². The number of methoxy groups -OCH3 is 1. The summed E-state index contributed by atoms with van der Waals surface area (Å²) in [5.41, 5.74) is -0.340. The second-order valence-corrected chi connectivity index (χ2v) is 4.37. The van der Waals surface area contributed by atoms with E-state index >= 15 is 0 Å². The monoisotopic (exact) mass is 231 g/mol. The van der Waals surface area contributed by atoms with Crippen molar-refractivity contribution in [2.24, 2.45) is 0 Å². The first kappa shape index (κ1) is 11.7. The Morgan fingerprint density at radius 1 is 1.67 bits per heavy atom. The molecule has 7 heteroatoms. The highest BCUT2D eigenvalue weighted by molar-refractivity contribution is 7.84. The van der Waals surface area contributed by atoms with E-state index in [9.17, 15) is 9.00 Å². The van der Waals surface area contributed by atoms with Crippen LogP contribution in [0.25, 0.3) is 0 Å². The van der Waals surface area contributed by atoms with Crippen molar-refractivity contribution in [1.29, 1.82) is 0 Å². The zero-order valence-electron chi connectivity index (χ0n) is 8.57. The summed E-state index contributed by atoms with van der Waals surface area (Å²) in [5, 5.41) is 2.89. The fourth-order valence-electron chi connectivity index (χ4n) is 1.02. The summed E-state index contributed by atoms with van der Waals surface area (Å²) >= 11 is 0. The number of aromatic amines is 1. The van der Waals surface area contributed by atoms with Crippen LogP contribution < -0.4 is 15.6 Å². The van der Waals surface area contributed by atoms with E-state index in [-0.39, 0.29) is 11.3 Å². The zero-order valence-corrected chi connectivity index (χ0v) is 9.39. The minimum Gasteiger partial charge on any atom is -0.489 e. The van der Waals surface area contributed by atoms with Crippen molar-refractivity contribution < 1.29 is 8.95 Å². The molecular formula is C8H13N3O3S. The average Bonchev–Trinajstić information content (AvgIpc) is 2.17. The van der Waals surface area contributed by atoms with E-state index in [0.717, 1.165) is 0 Å². The molecule has 1 rings (SSSR count). The predicted octanol–water partition coefficient (Wildman–Crippen LogP) is -0.431. The molecule has 0 bridgehead atoms. The number of nitrogens with one attached hydrogen (secondary N) is 2. The summed E-state index contributed by atoms with van der Waals surface area (Å²) in [5.74, 6) is 1.00. The minimum atomic E-state index is -0.870. The molecule has 1 aromatic rings. The Hall–Kier alpha value is -1.37. The third kappa shape index (κ3) is 3.35. The molecule has 84 valence electrons. The van der Waals surface area contributed by atoms with Gasteiger partial charge in [0.05, 0.1) is 13.4 Å². The van der Waals surface area contributed by atoms with Gasteiger partial charge in [0.1, 0.15) is 0 Å². The first-order chi connectivity index (χ1) is 7.15. The fraction of sp³-hybridized carbons (Fsp3) is 0.500. The second-order valence-electron chi connectivity index (χ2n) is 2.82. The van der Waals surface area contributed by atoms with Crippen LogP contribution in [0.5, 0.6) is 5.75 Å². The number of nitrogens with zero attached hydrogens (tertiary/aromatic N) is 1. The fourth-order valence-corrected chi connectivity index (χ4v) is 1.41. The number of hydrogen-bond donors (Lipinski definition) is 2. The van der Waals surface area contributed by atoms with Gasteiger partial charge in [-0.1, -0.05) is 0 Å². The van der Waals surface area contributed by atoms with Crippen molar-refractivity contribution in [3.63, 3.8) is 0 Å². The normalized spacial score (nSPS) is 12.1. The van der Waals surface area contributed by atoms with E-state index in [4.69, 9.17) is 4.74 Å². The van der Waals surface area contributed by atoms with Gasteiger partial charge in [-0.05, 0) is 0 Å². The van der Waals surface area contributed by atoms with Gasteiger partial charge in [0, 0.05) is 29.4 Å². The Balaban J connectivity index is 2.72. The number of aromatic nitrogens is 2. The van der Waals surface area contributed by atoms with Crippen LogP contribution in [-0.2, 0) is 10.8 Å². The van der Waals surface area contributed by atoms with Crippen LogP contribution in [0.3, 0.4) is 0 Å². The number of H-pyrrole nitrogens is 1. The van der Waals surface area contributed by atoms with E-state index in [0.29, 0.717) is 18.1 Å². The Morgan fingerprint density at radius 3 is 3.00 bits per heavy atom. The maximum Gasteiger partial charge on any atom is 0.295 e. The van der Waals surface area contributed by atoms with Gasteiger partial charge in [-0.25, -0.2) is 4.98 Å². The summed E-state index contributed by atoms with van der Waals surface area (Å²) in [7, 11) is 0.528. The molecular weight excluding hydrogens is 218 g/mol. The van der Waals surface area contributed by atoms with Crippen molar-refractivity contribution in [2.45, 2.75) is 0 Å². The predicted molar refractivity (Wildman–Crippen MR) is 58.8 cm³/mol. The highest BCUT2D eigenvalue weighted by Crippen LogP contribution is 2.13. The summed E-state index contributed by atoms with van der Waals surface area (Å²) < 4.78 is 15.7. The molecule has 1 aromatic heterocycles. The van der Waals surface area contributed by atoms with Crippen LogP contribution in [0.15, 0.2) is 11.1 Å². The number of anilines is 1. The van der Waals surface area contributed by atoms with E-state index in [1.54, 1.807) is 6.26 Å². The highest BCUT2D eigenvalue weighted by atomic mass is 32.2. The SMILES string of the molecule is COc1c(NCCS(C)=O)nc[nH]c1=O. The lowest BCUT2D eigenvalue weighted by Gasteiger charge is -2.07. The first-order valence-electron chi connectivity index (χ1n) is 4.30. The zero-order chi connectivity index (χ0) is 11.3. The second kappa shape index (κ2) is 5.50. The molecule has 0 aliphatic rings. The molecule has 0 amide bonds. The average molecular weight is 231 g/mol. The van der Waals surface area contributed by atoms with Gasteiger partial charge in [0.15, 0.2) is 5.82 Å². The van der Waals surface area contributed by atoms with Gasteiger partial charge in [-0.15, -0.1) is 0 Å². The smallest absolute Gasteiger partial charge is 0.295 e. The lowest BCUT2D eigenvalue weighted by Crippen LogP contribution is -2.16. The van der Waals surface area contributed by atoms with Gasteiger partial charge in [0.25, 0.3) is 5.56 Å². The van der Waals surface area contributed by atoms with Gasteiger partial charge in [0.2, 0.25) is 5.75 Å². The summed E-state index contributed by atoms with van der Waals surface area (Å²) in [6.07, 6.45) is 2.90. The third-order valence-electron chi connectivity index (χ3n) is 1.70. The van der Waals surface area contributed by atoms with E-state index in [1.165, 1.54) is 13.4 Å². The van der Waals surface area contributed by atoms with E-state index in [1.807, 2.05) is 0 Å². The quantitative estimate of drug-likeness (QED) is 0.718. The molecule has 1 unspecified atom stereocenters. The first-order valence-corrected chi connectivity index (χ1v) is 6.03.